The molecule has 0 unspecified atom stereocenters. The quantitative estimate of drug-likeness (QED) is 0.282. The summed E-state index contributed by atoms with van der Waals surface area (Å²) < 4.78 is 15.4. The van der Waals surface area contributed by atoms with Gasteiger partial charge in [0.2, 0.25) is 23.6 Å². The minimum absolute atomic E-state index is 0.00785. The van der Waals surface area contributed by atoms with Crippen molar-refractivity contribution in [1.82, 2.24) is 20.8 Å². The van der Waals surface area contributed by atoms with E-state index in [4.69, 9.17) is 2.78 Å². The number of phenolic OH excluding ortho intramolecular Hbond substituents is 1. The molecule has 3 atom stereocenters. The predicted octanol–water partition coefficient (Wildman–Crippen LogP) is 0.359. The Morgan fingerprint density at radius 1 is 1.00 bits per heavy atom. The zero-order chi connectivity index (χ0) is 29.2. The Labute approximate surface area is 223 Å². The molecule has 5 N–H and O–H groups in total. The second-order valence-electron chi connectivity index (χ2n) is 8.98. The summed E-state index contributed by atoms with van der Waals surface area (Å²) in [6.07, 6.45) is 0.796. The smallest absolute Gasteiger partial charge is 0.326 e. The number of carbonyl (C=O) groups is 5. The van der Waals surface area contributed by atoms with Crippen LogP contribution in [0.5, 0.6) is 5.75 Å². The summed E-state index contributed by atoms with van der Waals surface area (Å²) in [5.74, 6) is -4.15. The van der Waals surface area contributed by atoms with Crippen LogP contribution in [0.15, 0.2) is 54.6 Å². The van der Waals surface area contributed by atoms with Crippen molar-refractivity contribution in [2.24, 2.45) is 0 Å². The summed E-state index contributed by atoms with van der Waals surface area (Å²) >= 11 is 0. The Balaban J connectivity index is 1.64. The van der Waals surface area contributed by atoms with Gasteiger partial charge in [-0.1, -0.05) is 42.5 Å². The van der Waals surface area contributed by atoms with Crippen LogP contribution in [0.3, 0.4) is 0 Å². The first-order valence-corrected chi connectivity index (χ1v) is 12.1. The summed E-state index contributed by atoms with van der Waals surface area (Å²) in [5, 5.41) is 24.4. The molecule has 11 heteroatoms. The van der Waals surface area contributed by atoms with Gasteiger partial charge in [-0.05, 0) is 36.1 Å². The fraction of sp³-hybridized carbons (Fsp3) is 0.370. The standard InChI is InChI=1S/C27H32N4O7/c1-17(32)29-21(14-19-9-11-20(33)12-10-19)25(35)28-16-24(34)31-13-5-8-23(31)26(36)30-22(27(37)38)15-18-6-3-2-4-7-18/h2-4,6-7,9-12,21-23,33H,5,8,13-16H2,1H3,(H,28,35)(H,29,32)(H,30,36)(H,37,38)/t21-,22+,23-/m0/s1/i1D/hD. The number of phenols is 1. The van der Waals surface area contributed by atoms with E-state index in [1.807, 2.05) is 0 Å². The topological polar surface area (TPSA) is 165 Å². The molecule has 2 aromatic rings. The number of carboxylic acids is 1. The van der Waals surface area contributed by atoms with Crippen molar-refractivity contribution in [2.75, 3.05) is 13.1 Å². The lowest BCUT2D eigenvalue weighted by molar-refractivity contribution is -0.144. The van der Waals surface area contributed by atoms with Crippen LogP contribution in [0.25, 0.3) is 0 Å². The number of nitrogens with one attached hydrogen (secondary N) is 3. The maximum atomic E-state index is 13.1. The third-order valence-electron chi connectivity index (χ3n) is 6.15. The van der Waals surface area contributed by atoms with Gasteiger partial charge in [-0.2, -0.15) is 0 Å². The summed E-state index contributed by atoms with van der Waals surface area (Å²) in [4.78, 5) is 63.9. The average Bonchev–Trinajstić information content (AvgIpc) is 3.44. The molecule has 1 aliphatic rings. The molecular formula is C27H32N4O7. The lowest BCUT2D eigenvalue weighted by atomic mass is 10.0. The number of aromatic hydroxyl groups is 1. The molecule has 0 saturated carbocycles. The van der Waals surface area contributed by atoms with E-state index < -0.39 is 61.2 Å². The molecule has 1 aliphatic heterocycles. The van der Waals surface area contributed by atoms with Crippen LogP contribution in [-0.2, 0) is 36.8 Å². The molecule has 0 spiro atoms. The van der Waals surface area contributed by atoms with Crippen LogP contribution in [0.4, 0.5) is 0 Å². The minimum Gasteiger partial charge on any atom is -0.508 e. The van der Waals surface area contributed by atoms with Gasteiger partial charge in [0, 0.05) is 27.7 Å². The number of carboxylic acid groups (broad SMARTS) is 1. The van der Waals surface area contributed by atoms with Gasteiger partial charge < -0.3 is 31.1 Å². The second kappa shape index (κ2) is 13.2. The van der Waals surface area contributed by atoms with Gasteiger partial charge in [-0.25, -0.2) is 4.79 Å². The monoisotopic (exact) mass is 526 g/mol. The third kappa shape index (κ3) is 8.05. The van der Waals surface area contributed by atoms with Gasteiger partial charge >= 0.3 is 5.97 Å². The average molecular weight is 527 g/mol. The number of hydrogen-bond acceptors (Lipinski definition) is 6. The van der Waals surface area contributed by atoms with E-state index in [9.17, 15) is 34.2 Å². The van der Waals surface area contributed by atoms with E-state index in [0.29, 0.717) is 23.7 Å². The molecule has 4 amide bonds. The van der Waals surface area contributed by atoms with E-state index in [1.54, 1.807) is 30.3 Å². The van der Waals surface area contributed by atoms with Crippen LogP contribution >= 0.6 is 0 Å². The number of rotatable bonds is 11. The number of carbonyl (C=O) groups excluding carboxylic acids is 4. The van der Waals surface area contributed by atoms with Gasteiger partial charge in [-0.3, -0.25) is 19.2 Å². The van der Waals surface area contributed by atoms with Crippen LogP contribution in [-0.4, -0.2) is 75.9 Å². The van der Waals surface area contributed by atoms with Crippen molar-refractivity contribution in [1.29, 1.82) is 0 Å². The van der Waals surface area contributed by atoms with E-state index in [-0.39, 0.29) is 25.1 Å². The molecule has 0 aliphatic carbocycles. The zero-order valence-corrected chi connectivity index (χ0v) is 20.7. The first-order chi connectivity index (χ1) is 19.1. The molecule has 38 heavy (non-hydrogen) atoms. The van der Waals surface area contributed by atoms with Gasteiger partial charge in [0.05, 0.1) is 6.54 Å². The zero-order valence-electron chi connectivity index (χ0n) is 22.7. The largest absolute Gasteiger partial charge is 0.508 e. The molecule has 1 saturated heterocycles. The molecule has 1 fully saturated rings. The second-order valence-corrected chi connectivity index (χ2v) is 8.98. The highest BCUT2D eigenvalue weighted by Gasteiger charge is 2.36. The maximum Gasteiger partial charge on any atom is 0.326 e. The SMILES string of the molecule is [2H]CC(=O)N[C@@H](Cc1ccc(O)cc1)C(=O)N([2H])CC(=O)N1CCC[C@H]1C(=O)N[C@H](Cc1ccccc1)C(=O)O. The highest BCUT2D eigenvalue weighted by atomic mass is 16.4. The van der Waals surface area contributed by atoms with Crippen molar-refractivity contribution >= 4 is 29.6 Å². The van der Waals surface area contributed by atoms with Crippen molar-refractivity contribution in [3.8, 4) is 5.75 Å². The molecule has 202 valence electrons. The molecule has 1 heterocycles. The summed E-state index contributed by atoms with van der Waals surface area (Å²) in [6, 6.07) is 11.3. The van der Waals surface area contributed by atoms with Crippen molar-refractivity contribution in [3.05, 3.63) is 65.7 Å². The number of nitrogens with zero attached hydrogens (tertiary/aromatic N) is 1. The molecule has 0 aromatic heterocycles. The number of aliphatic carboxylic acids is 1. The number of amides is 4. The van der Waals surface area contributed by atoms with E-state index >= 15 is 0 Å². The number of benzene rings is 2. The first kappa shape index (κ1) is 25.2. The van der Waals surface area contributed by atoms with Crippen LogP contribution in [0.2, 0.25) is 1.41 Å². The van der Waals surface area contributed by atoms with Crippen molar-refractivity contribution in [2.45, 2.75) is 50.7 Å². The van der Waals surface area contributed by atoms with Crippen molar-refractivity contribution in [3.63, 3.8) is 0 Å². The minimum atomic E-state index is -1.24. The maximum absolute atomic E-state index is 13.1. The Morgan fingerprint density at radius 2 is 1.66 bits per heavy atom. The van der Waals surface area contributed by atoms with Gasteiger partial charge in [0.25, 0.3) is 0 Å². The Bertz CT molecular complexity index is 1210. The van der Waals surface area contributed by atoms with E-state index in [2.05, 4.69) is 10.6 Å². The molecule has 0 bridgehead atoms. The molecular weight excluding hydrogens is 492 g/mol. The van der Waals surface area contributed by atoms with E-state index in [1.165, 1.54) is 29.2 Å². The molecule has 11 nitrogen and oxygen atoms in total. The summed E-state index contributed by atoms with van der Waals surface area (Å²) in [5.41, 5.74) is 1.29. The Hall–Kier alpha value is -4.41. The van der Waals surface area contributed by atoms with Gasteiger partial charge in [-0.15, -0.1) is 0 Å². The Kier molecular flexibility index (Phi) is 8.79. The molecule has 0 radical (unpaired) electrons. The first-order valence-electron chi connectivity index (χ1n) is 13.3. The fourth-order valence-corrected chi connectivity index (χ4v) is 4.26. The summed E-state index contributed by atoms with van der Waals surface area (Å²) in [7, 11) is 0. The van der Waals surface area contributed by atoms with E-state index in [0.717, 1.165) is 5.56 Å². The fourth-order valence-electron chi connectivity index (χ4n) is 4.26. The van der Waals surface area contributed by atoms with Gasteiger partial charge in [0.1, 0.15) is 23.9 Å². The highest BCUT2D eigenvalue weighted by Crippen LogP contribution is 2.18. The third-order valence-corrected chi connectivity index (χ3v) is 6.15. The highest BCUT2D eigenvalue weighted by molar-refractivity contribution is 5.93. The predicted molar refractivity (Wildman–Crippen MR) is 137 cm³/mol. The molecule has 3 rings (SSSR count). The lowest BCUT2D eigenvalue weighted by Crippen LogP contribution is -2.54. The summed E-state index contributed by atoms with van der Waals surface area (Å²) in [6.45, 7) is -1.14. The Morgan fingerprint density at radius 3 is 2.32 bits per heavy atom. The lowest BCUT2D eigenvalue weighted by Gasteiger charge is -2.26. The number of likely N-dealkylation sites (tertiary alicyclic amines) is 1. The van der Waals surface area contributed by atoms with Crippen LogP contribution in [0.1, 0.15) is 32.2 Å². The van der Waals surface area contributed by atoms with Gasteiger partial charge in [0.15, 0.2) is 1.41 Å². The van der Waals surface area contributed by atoms with Crippen molar-refractivity contribution < 1.29 is 37.0 Å². The number of hydrogen-bond donors (Lipinski definition) is 5. The van der Waals surface area contributed by atoms with Crippen LogP contribution < -0.4 is 15.9 Å². The molecule has 2 aromatic carbocycles. The van der Waals surface area contributed by atoms with Crippen LogP contribution in [0, 0.1) is 0 Å². The normalized spacial score (nSPS) is 16.9.